The number of aromatic hydroxyl groups is 1. The van der Waals surface area contributed by atoms with Crippen molar-refractivity contribution in [2.75, 3.05) is 0 Å². The molecule has 0 unspecified atom stereocenters. The fraction of sp³-hybridized carbons (Fsp3) is 0.182. The first-order chi connectivity index (χ1) is 6.79. The topological polar surface area (TPSA) is 33.1 Å². The predicted molar refractivity (Wildman–Crippen MR) is 62.5 cm³/mol. The van der Waals surface area contributed by atoms with E-state index in [1.165, 1.54) is 0 Å². The van der Waals surface area contributed by atoms with Gasteiger partial charge in [-0.25, -0.2) is 0 Å². The maximum absolute atomic E-state index is 9.45. The maximum Gasteiger partial charge on any atom is 0.123 e. The first-order valence-electron chi connectivity index (χ1n) is 4.50. The summed E-state index contributed by atoms with van der Waals surface area (Å²) < 4.78 is 0.948. The first-order valence-corrected chi connectivity index (χ1v) is 5.29. The van der Waals surface area contributed by atoms with Gasteiger partial charge in [0, 0.05) is 27.6 Å². The molecule has 0 aliphatic heterocycles. The van der Waals surface area contributed by atoms with Crippen LogP contribution in [-0.2, 0) is 0 Å². The van der Waals surface area contributed by atoms with E-state index in [4.69, 9.17) is 0 Å². The second-order valence-electron chi connectivity index (χ2n) is 2.49. The van der Waals surface area contributed by atoms with Crippen molar-refractivity contribution >= 4 is 26.7 Å². The van der Waals surface area contributed by atoms with Gasteiger partial charge in [0.2, 0.25) is 0 Å². The molecule has 0 saturated heterocycles. The molecule has 0 bridgehead atoms. The zero-order chi connectivity index (χ0) is 10.6. The van der Waals surface area contributed by atoms with Crippen LogP contribution in [0.3, 0.4) is 0 Å². The molecule has 3 heteroatoms. The van der Waals surface area contributed by atoms with E-state index in [0.29, 0.717) is 0 Å². The van der Waals surface area contributed by atoms with Gasteiger partial charge in [-0.05, 0) is 18.2 Å². The molecule has 2 rings (SSSR count). The molecule has 74 valence electrons. The number of rotatable bonds is 0. The minimum absolute atomic E-state index is 0.288. The highest BCUT2D eigenvalue weighted by Crippen LogP contribution is 2.29. The largest absolute Gasteiger partial charge is 0.507 e. The fourth-order valence-electron chi connectivity index (χ4n) is 1.14. The molecule has 2 nitrogen and oxygen atoms in total. The van der Waals surface area contributed by atoms with Gasteiger partial charge in [0.1, 0.15) is 5.75 Å². The Morgan fingerprint density at radius 2 is 1.86 bits per heavy atom. The minimum Gasteiger partial charge on any atom is -0.507 e. The summed E-state index contributed by atoms with van der Waals surface area (Å²) in [5.41, 5.74) is 0. The molecule has 2 aromatic rings. The number of aromatic nitrogens is 1. The summed E-state index contributed by atoms with van der Waals surface area (Å²) in [5, 5.41) is 11.2. The number of phenols is 1. The molecule has 0 fully saturated rings. The Labute approximate surface area is 91.7 Å². The predicted octanol–water partition coefficient (Wildman–Crippen LogP) is 3.73. The number of benzene rings is 1. The van der Waals surface area contributed by atoms with Crippen LogP contribution < -0.4 is 0 Å². The molecule has 0 atom stereocenters. The molecule has 0 radical (unpaired) electrons. The van der Waals surface area contributed by atoms with Crippen LogP contribution in [0.2, 0.25) is 0 Å². The number of hydrogen-bond acceptors (Lipinski definition) is 2. The van der Waals surface area contributed by atoms with Gasteiger partial charge in [0.15, 0.2) is 0 Å². The van der Waals surface area contributed by atoms with Crippen molar-refractivity contribution in [3.8, 4) is 5.75 Å². The normalized spacial score (nSPS) is 9.36. The van der Waals surface area contributed by atoms with Gasteiger partial charge in [-0.1, -0.05) is 29.8 Å². The molecule has 0 aliphatic rings. The van der Waals surface area contributed by atoms with Crippen molar-refractivity contribution in [3.63, 3.8) is 0 Å². The minimum atomic E-state index is 0.288. The Kier molecular flexibility index (Phi) is 3.89. The highest BCUT2D eigenvalue weighted by molar-refractivity contribution is 9.10. The first kappa shape index (κ1) is 11.0. The number of nitrogens with zero attached hydrogens (tertiary/aromatic N) is 1. The number of pyridine rings is 1. The van der Waals surface area contributed by atoms with Gasteiger partial charge in [0.25, 0.3) is 0 Å². The van der Waals surface area contributed by atoms with Gasteiger partial charge >= 0.3 is 0 Å². The summed E-state index contributed by atoms with van der Waals surface area (Å²) in [4.78, 5) is 3.97. The van der Waals surface area contributed by atoms with E-state index >= 15 is 0 Å². The quantitative estimate of drug-likeness (QED) is 0.777. The molecule has 1 aromatic heterocycles. The summed E-state index contributed by atoms with van der Waals surface area (Å²) in [5.74, 6) is 0.288. The van der Waals surface area contributed by atoms with E-state index in [1.807, 2.05) is 13.8 Å². The van der Waals surface area contributed by atoms with Crippen LogP contribution in [0.15, 0.2) is 35.1 Å². The van der Waals surface area contributed by atoms with E-state index < -0.39 is 0 Å². The summed E-state index contributed by atoms with van der Waals surface area (Å²) >= 11 is 3.38. The van der Waals surface area contributed by atoms with Crippen molar-refractivity contribution in [2.45, 2.75) is 13.8 Å². The second-order valence-corrected chi connectivity index (χ2v) is 3.34. The molecule has 0 spiro atoms. The van der Waals surface area contributed by atoms with Crippen molar-refractivity contribution in [2.24, 2.45) is 0 Å². The van der Waals surface area contributed by atoms with Crippen molar-refractivity contribution in [1.29, 1.82) is 0 Å². The zero-order valence-corrected chi connectivity index (χ0v) is 9.75. The van der Waals surface area contributed by atoms with Crippen LogP contribution in [0.5, 0.6) is 5.75 Å². The van der Waals surface area contributed by atoms with Crippen LogP contribution in [0.25, 0.3) is 10.8 Å². The molecule has 1 N–H and O–H groups in total. The standard InChI is InChI=1S/C9H6BrNO.C2H6/c10-8-1-2-9(12)6-3-4-11-5-7(6)8;1-2/h1-5,12H;1-2H3. The summed E-state index contributed by atoms with van der Waals surface area (Å²) in [6, 6.07) is 5.25. The average molecular weight is 254 g/mol. The molecule has 1 aromatic carbocycles. The van der Waals surface area contributed by atoms with E-state index in [1.54, 1.807) is 30.6 Å². The molecule has 0 saturated carbocycles. The monoisotopic (exact) mass is 253 g/mol. The fourth-order valence-corrected chi connectivity index (χ4v) is 1.59. The van der Waals surface area contributed by atoms with Gasteiger partial charge in [-0.3, -0.25) is 4.98 Å². The molecule has 0 aliphatic carbocycles. The summed E-state index contributed by atoms with van der Waals surface area (Å²) in [7, 11) is 0. The van der Waals surface area contributed by atoms with E-state index in [0.717, 1.165) is 15.2 Å². The maximum atomic E-state index is 9.45. The lowest BCUT2D eigenvalue weighted by Gasteiger charge is -2.00. The number of halogens is 1. The third-order valence-corrected chi connectivity index (χ3v) is 2.43. The Balaban J connectivity index is 0.000000461. The molecule has 14 heavy (non-hydrogen) atoms. The molecule has 1 heterocycles. The Morgan fingerprint density at radius 3 is 2.50 bits per heavy atom. The molecular weight excluding hydrogens is 242 g/mol. The Morgan fingerprint density at radius 1 is 1.14 bits per heavy atom. The van der Waals surface area contributed by atoms with E-state index in [9.17, 15) is 5.11 Å². The Bertz CT molecular complexity index is 388. The van der Waals surface area contributed by atoms with Gasteiger partial charge < -0.3 is 5.11 Å². The highest BCUT2D eigenvalue weighted by Gasteiger charge is 2.01. The number of fused-ring (bicyclic) bond motifs is 1. The Hall–Kier alpha value is -1.09. The average Bonchev–Trinajstić information content (AvgIpc) is 2.27. The highest BCUT2D eigenvalue weighted by atomic mass is 79.9. The van der Waals surface area contributed by atoms with Crippen LogP contribution in [0, 0.1) is 0 Å². The van der Waals surface area contributed by atoms with Crippen molar-refractivity contribution < 1.29 is 5.11 Å². The van der Waals surface area contributed by atoms with Gasteiger partial charge in [0.05, 0.1) is 0 Å². The third-order valence-electron chi connectivity index (χ3n) is 1.74. The van der Waals surface area contributed by atoms with E-state index in [2.05, 4.69) is 20.9 Å². The number of phenolic OH excluding ortho intramolecular Hbond substituents is 1. The van der Waals surface area contributed by atoms with Crippen LogP contribution >= 0.6 is 15.9 Å². The lowest BCUT2D eigenvalue weighted by molar-refractivity contribution is 0.481. The third kappa shape index (κ3) is 2.04. The lowest BCUT2D eigenvalue weighted by atomic mass is 10.2. The van der Waals surface area contributed by atoms with Gasteiger partial charge in [-0.15, -0.1) is 0 Å². The second kappa shape index (κ2) is 4.96. The smallest absolute Gasteiger partial charge is 0.123 e. The van der Waals surface area contributed by atoms with E-state index in [-0.39, 0.29) is 5.75 Å². The van der Waals surface area contributed by atoms with Crippen molar-refractivity contribution in [3.05, 3.63) is 35.1 Å². The lowest BCUT2D eigenvalue weighted by Crippen LogP contribution is -1.77. The molecular formula is C11H12BrNO. The summed E-state index contributed by atoms with van der Waals surface area (Å²) in [6.45, 7) is 4.00. The number of hydrogen-bond donors (Lipinski definition) is 1. The van der Waals surface area contributed by atoms with Crippen LogP contribution in [0.1, 0.15) is 13.8 Å². The summed E-state index contributed by atoms with van der Waals surface area (Å²) in [6.07, 6.45) is 3.38. The van der Waals surface area contributed by atoms with Crippen LogP contribution in [0.4, 0.5) is 0 Å². The zero-order valence-electron chi connectivity index (χ0n) is 8.16. The van der Waals surface area contributed by atoms with Gasteiger partial charge in [-0.2, -0.15) is 0 Å². The van der Waals surface area contributed by atoms with Crippen molar-refractivity contribution in [1.82, 2.24) is 4.98 Å². The molecule has 0 amide bonds. The SMILES string of the molecule is CC.Oc1ccc(Br)c2cnccc12. The van der Waals surface area contributed by atoms with Crippen LogP contribution in [-0.4, -0.2) is 10.1 Å².